The molecule has 1 heterocycles. The molecule has 0 spiro atoms. The first kappa shape index (κ1) is 37.5. The summed E-state index contributed by atoms with van der Waals surface area (Å²) >= 11 is 1.65. The van der Waals surface area contributed by atoms with E-state index in [1.807, 2.05) is 115 Å². The van der Waals surface area contributed by atoms with E-state index in [4.69, 9.17) is 9.47 Å². The van der Waals surface area contributed by atoms with Crippen molar-refractivity contribution in [1.29, 1.82) is 0 Å². The highest BCUT2D eigenvalue weighted by Crippen LogP contribution is 2.48. The minimum atomic E-state index is -0.780. The molecule has 0 saturated carbocycles. The zero-order chi connectivity index (χ0) is 37.2. The number of nitrogens with one attached hydrogen (secondary N) is 3. The van der Waals surface area contributed by atoms with Gasteiger partial charge in [-0.15, -0.1) is 11.8 Å². The molecule has 1 aliphatic heterocycles. The molecule has 3 amide bonds. The van der Waals surface area contributed by atoms with Crippen LogP contribution in [0.1, 0.15) is 60.0 Å². The number of hydrogen-bond acceptors (Lipinski definition) is 7. The van der Waals surface area contributed by atoms with Crippen LogP contribution in [0, 0.1) is 0 Å². The molecule has 1 aliphatic rings. The number of rotatable bonds is 13. The molecule has 53 heavy (non-hydrogen) atoms. The third-order valence-corrected chi connectivity index (χ3v) is 10.2. The molecule has 0 bridgehead atoms. The predicted molar refractivity (Wildman–Crippen MR) is 208 cm³/mol. The standard InChI is InChI=1S/C43H43N3O6S/c1-28(48)38(24-30-10-5-3-6-11-30)46-43(50)45-36-15-9-14-34(25-36)42-51-39(27-53-37-22-20-35(21-23-37)44-29(2)49)40(32-12-7-4-8-13-32)41(52-42)33-18-16-31(26-47)17-19-33/h3-23,25,38-42,47H,24,26-27H2,1-2H3,(H,44,49)(H2,45,46,50)/t38-,39-,40-,41+,42?/m1/s1. The second-order valence-electron chi connectivity index (χ2n) is 13.0. The first-order valence-electron chi connectivity index (χ1n) is 17.5. The van der Waals surface area contributed by atoms with Crippen LogP contribution < -0.4 is 16.0 Å². The SMILES string of the molecule is CC(=O)Nc1ccc(SC[C@H]2OC(c3cccc(NC(=O)N[C@H](Cc4ccccc4)C(C)=O)c3)O[C@@H](c3ccc(CO)cc3)[C@@H]2c2ccccc2)cc1. The summed E-state index contributed by atoms with van der Waals surface area (Å²) in [5, 5.41) is 18.3. The van der Waals surface area contributed by atoms with Crippen molar-refractivity contribution in [2.24, 2.45) is 0 Å². The molecule has 1 unspecified atom stereocenters. The van der Waals surface area contributed by atoms with Crippen molar-refractivity contribution in [2.75, 3.05) is 16.4 Å². The van der Waals surface area contributed by atoms with E-state index in [1.54, 1.807) is 17.8 Å². The van der Waals surface area contributed by atoms with Gasteiger partial charge in [0.05, 0.1) is 24.9 Å². The first-order chi connectivity index (χ1) is 25.7. The van der Waals surface area contributed by atoms with Crippen LogP contribution in [-0.4, -0.2) is 40.7 Å². The van der Waals surface area contributed by atoms with Gasteiger partial charge in [0.15, 0.2) is 12.1 Å². The van der Waals surface area contributed by atoms with Gasteiger partial charge in [-0.3, -0.25) is 9.59 Å². The molecule has 1 saturated heterocycles. The molecule has 10 heteroatoms. The molecule has 9 nitrogen and oxygen atoms in total. The van der Waals surface area contributed by atoms with E-state index in [0.717, 1.165) is 32.8 Å². The van der Waals surface area contributed by atoms with Crippen molar-refractivity contribution >= 4 is 40.9 Å². The second kappa shape index (κ2) is 18.0. The van der Waals surface area contributed by atoms with Crippen molar-refractivity contribution in [1.82, 2.24) is 5.32 Å². The number of carbonyl (C=O) groups is 3. The minimum Gasteiger partial charge on any atom is -0.392 e. The van der Waals surface area contributed by atoms with Crippen LogP contribution in [0.25, 0.3) is 0 Å². The van der Waals surface area contributed by atoms with Gasteiger partial charge in [-0.25, -0.2) is 4.79 Å². The van der Waals surface area contributed by atoms with E-state index < -0.39 is 24.5 Å². The second-order valence-corrected chi connectivity index (χ2v) is 14.1. The summed E-state index contributed by atoms with van der Waals surface area (Å²) < 4.78 is 13.7. The number of benzene rings is 5. The van der Waals surface area contributed by atoms with Crippen molar-refractivity contribution in [3.05, 3.63) is 161 Å². The number of anilines is 2. The summed E-state index contributed by atoms with van der Waals surface area (Å²) in [7, 11) is 0. The number of ether oxygens (including phenoxy) is 2. The Balaban J connectivity index is 1.26. The number of thioether (sulfide) groups is 1. The lowest BCUT2D eigenvalue weighted by Gasteiger charge is -2.43. The number of carbonyl (C=O) groups excluding carboxylic acids is 3. The molecule has 5 atom stereocenters. The molecular formula is C43H43N3O6S. The Labute approximate surface area is 314 Å². The number of hydrogen-bond donors (Lipinski definition) is 4. The highest BCUT2D eigenvalue weighted by molar-refractivity contribution is 7.99. The number of ketones is 1. The van der Waals surface area contributed by atoms with Crippen molar-refractivity contribution in [3.8, 4) is 0 Å². The van der Waals surface area contributed by atoms with Gasteiger partial charge >= 0.3 is 6.03 Å². The largest absolute Gasteiger partial charge is 0.392 e. The zero-order valence-corrected chi connectivity index (χ0v) is 30.4. The smallest absolute Gasteiger partial charge is 0.319 e. The first-order valence-corrected chi connectivity index (χ1v) is 18.5. The van der Waals surface area contributed by atoms with Crippen LogP contribution in [0.4, 0.5) is 16.2 Å². The van der Waals surface area contributed by atoms with Gasteiger partial charge < -0.3 is 30.5 Å². The maximum atomic E-state index is 13.2. The zero-order valence-electron chi connectivity index (χ0n) is 29.6. The molecule has 0 radical (unpaired) electrons. The lowest BCUT2D eigenvalue weighted by molar-refractivity contribution is -0.255. The number of aliphatic hydroxyl groups is 1. The Kier molecular flexibility index (Phi) is 12.7. The van der Waals surface area contributed by atoms with E-state index >= 15 is 0 Å². The molecular weight excluding hydrogens is 687 g/mol. The lowest BCUT2D eigenvalue weighted by Crippen LogP contribution is -2.43. The molecule has 5 aromatic carbocycles. The maximum absolute atomic E-state index is 13.2. The average molecular weight is 730 g/mol. The normalized spacial score (nSPS) is 18.8. The summed E-state index contributed by atoms with van der Waals surface area (Å²) in [5.74, 6) is 0.149. The van der Waals surface area contributed by atoms with Gasteiger partial charge in [0.25, 0.3) is 0 Å². The van der Waals surface area contributed by atoms with Crippen LogP contribution in [0.5, 0.6) is 0 Å². The maximum Gasteiger partial charge on any atom is 0.319 e. The van der Waals surface area contributed by atoms with Gasteiger partial charge in [0, 0.05) is 40.4 Å². The van der Waals surface area contributed by atoms with Crippen LogP contribution in [0.3, 0.4) is 0 Å². The summed E-state index contributed by atoms with van der Waals surface area (Å²) in [6.07, 6.45) is -1.12. The number of urea groups is 1. The van der Waals surface area contributed by atoms with E-state index in [0.29, 0.717) is 23.4 Å². The predicted octanol–water partition coefficient (Wildman–Crippen LogP) is 8.19. The third-order valence-electron chi connectivity index (χ3n) is 9.05. The number of amides is 3. The summed E-state index contributed by atoms with van der Waals surface area (Å²) in [5.41, 5.74) is 5.73. The molecule has 0 aromatic heterocycles. The molecule has 1 fully saturated rings. The Hall–Kier alpha value is -5.26. The van der Waals surface area contributed by atoms with Crippen LogP contribution in [0.15, 0.2) is 138 Å². The van der Waals surface area contributed by atoms with Gasteiger partial charge in [0.2, 0.25) is 5.91 Å². The van der Waals surface area contributed by atoms with Crippen molar-refractivity contribution in [2.45, 2.75) is 62.2 Å². The highest BCUT2D eigenvalue weighted by atomic mass is 32.2. The van der Waals surface area contributed by atoms with E-state index in [9.17, 15) is 19.5 Å². The van der Waals surface area contributed by atoms with Crippen LogP contribution >= 0.6 is 11.8 Å². The fraction of sp³-hybridized carbons (Fsp3) is 0.233. The average Bonchev–Trinajstić information content (AvgIpc) is 3.17. The fourth-order valence-electron chi connectivity index (χ4n) is 6.40. The molecule has 272 valence electrons. The summed E-state index contributed by atoms with van der Waals surface area (Å²) in [6.45, 7) is 2.89. The number of aliphatic hydroxyl groups excluding tert-OH is 1. The van der Waals surface area contributed by atoms with Crippen LogP contribution in [-0.2, 0) is 32.1 Å². The van der Waals surface area contributed by atoms with Crippen LogP contribution in [0.2, 0.25) is 0 Å². The fourth-order valence-corrected chi connectivity index (χ4v) is 7.37. The Morgan fingerprint density at radius 3 is 2.04 bits per heavy atom. The molecule has 6 rings (SSSR count). The Morgan fingerprint density at radius 2 is 1.38 bits per heavy atom. The third kappa shape index (κ3) is 10.2. The van der Waals surface area contributed by atoms with E-state index in [-0.39, 0.29) is 30.3 Å². The summed E-state index contributed by atoms with van der Waals surface area (Å²) in [6, 6.07) is 41.4. The minimum absolute atomic E-state index is 0.0631. The summed E-state index contributed by atoms with van der Waals surface area (Å²) in [4.78, 5) is 38.2. The Morgan fingerprint density at radius 1 is 0.698 bits per heavy atom. The molecule has 4 N–H and O–H groups in total. The van der Waals surface area contributed by atoms with Crippen molar-refractivity contribution < 1.29 is 29.0 Å². The van der Waals surface area contributed by atoms with Crippen molar-refractivity contribution in [3.63, 3.8) is 0 Å². The van der Waals surface area contributed by atoms with E-state index in [2.05, 4.69) is 28.1 Å². The monoisotopic (exact) mass is 729 g/mol. The number of Topliss-reactive ketones (excluding diaryl/α,β-unsaturated/α-hetero) is 1. The van der Waals surface area contributed by atoms with Gasteiger partial charge in [-0.05, 0) is 72.0 Å². The van der Waals surface area contributed by atoms with E-state index in [1.165, 1.54) is 13.8 Å². The highest BCUT2D eigenvalue weighted by Gasteiger charge is 2.42. The lowest BCUT2D eigenvalue weighted by atomic mass is 9.84. The molecule has 0 aliphatic carbocycles. The quantitative estimate of drug-likeness (QED) is 0.0901. The Bertz CT molecular complexity index is 1980. The molecule has 5 aromatic rings. The van der Waals surface area contributed by atoms with Gasteiger partial charge in [-0.1, -0.05) is 97.1 Å². The topological polar surface area (TPSA) is 126 Å². The van der Waals surface area contributed by atoms with Gasteiger partial charge in [0.1, 0.15) is 0 Å². The van der Waals surface area contributed by atoms with Gasteiger partial charge in [-0.2, -0.15) is 0 Å².